The number of para-hydroxylation sites is 3. The standard InChI is InChI=1S/C55H37N3O/c1-55(2)46-20-10-6-16-40(46)44-31-35(24-26-47(44)55)37-28-38(30-39(29-37)58-50-21-11-7-17-41(50)42-18-8-12-22-51(42)58)49-33-48(56-54(57-49)34-14-4-3-5-15-34)36-25-27-53-45(32-36)43-19-9-13-23-52(43)59-53/h3-33H,1-2H3. The summed E-state index contributed by atoms with van der Waals surface area (Å²) in [5.41, 5.74) is 17.4. The maximum atomic E-state index is 6.22. The second-order valence-electron chi connectivity index (χ2n) is 16.2. The van der Waals surface area contributed by atoms with Crippen LogP contribution < -0.4 is 0 Å². The molecule has 0 spiro atoms. The summed E-state index contributed by atoms with van der Waals surface area (Å²) < 4.78 is 8.62. The Balaban J connectivity index is 1.12. The molecule has 59 heavy (non-hydrogen) atoms. The Kier molecular flexibility index (Phi) is 7.24. The molecule has 0 unspecified atom stereocenters. The number of benzene rings is 8. The Morgan fingerprint density at radius 3 is 1.81 bits per heavy atom. The average molecular weight is 756 g/mol. The number of hydrogen-bond acceptors (Lipinski definition) is 3. The number of furan rings is 1. The molecule has 0 atom stereocenters. The van der Waals surface area contributed by atoms with E-state index >= 15 is 0 Å². The zero-order valence-corrected chi connectivity index (χ0v) is 32.6. The summed E-state index contributed by atoms with van der Waals surface area (Å²) in [7, 11) is 0. The highest BCUT2D eigenvalue weighted by molar-refractivity contribution is 6.09. The Morgan fingerprint density at radius 2 is 1.02 bits per heavy atom. The molecule has 0 fully saturated rings. The SMILES string of the molecule is CC1(C)c2ccccc2-c2cc(-c3cc(-c4cc(-c5ccc6oc7ccccc7c6c5)nc(-c5ccccc5)n4)cc(-n4c5ccccc5c5ccccc54)c3)ccc21. The van der Waals surface area contributed by atoms with Crippen molar-refractivity contribution >= 4 is 43.7 Å². The van der Waals surface area contributed by atoms with Gasteiger partial charge >= 0.3 is 0 Å². The number of hydrogen-bond donors (Lipinski definition) is 0. The molecule has 11 aromatic rings. The van der Waals surface area contributed by atoms with E-state index < -0.39 is 0 Å². The molecule has 8 aromatic carbocycles. The van der Waals surface area contributed by atoms with Crippen LogP contribution in [-0.2, 0) is 5.41 Å². The lowest BCUT2D eigenvalue weighted by Gasteiger charge is -2.21. The van der Waals surface area contributed by atoms with Gasteiger partial charge in [0.25, 0.3) is 0 Å². The summed E-state index contributed by atoms with van der Waals surface area (Å²) in [4.78, 5) is 10.6. The highest BCUT2D eigenvalue weighted by atomic mass is 16.3. The first-order valence-corrected chi connectivity index (χ1v) is 20.2. The smallest absolute Gasteiger partial charge is 0.160 e. The van der Waals surface area contributed by atoms with Gasteiger partial charge in [-0.25, -0.2) is 9.97 Å². The van der Waals surface area contributed by atoms with E-state index in [9.17, 15) is 0 Å². The molecule has 0 amide bonds. The van der Waals surface area contributed by atoms with Crippen LogP contribution in [0.25, 0.3) is 106 Å². The summed E-state index contributed by atoms with van der Waals surface area (Å²) in [5.74, 6) is 0.676. The van der Waals surface area contributed by atoms with E-state index in [1.54, 1.807) is 0 Å². The van der Waals surface area contributed by atoms with E-state index in [4.69, 9.17) is 14.4 Å². The molecule has 0 saturated carbocycles. The van der Waals surface area contributed by atoms with E-state index in [1.807, 2.05) is 30.3 Å². The molecule has 1 aliphatic rings. The van der Waals surface area contributed by atoms with Crippen molar-refractivity contribution in [1.29, 1.82) is 0 Å². The van der Waals surface area contributed by atoms with E-state index in [1.165, 1.54) is 33.0 Å². The Morgan fingerprint density at radius 1 is 0.407 bits per heavy atom. The highest BCUT2D eigenvalue weighted by Crippen LogP contribution is 2.50. The van der Waals surface area contributed by atoms with Crippen LogP contribution in [0.5, 0.6) is 0 Å². The molecule has 3 aromatic heterocycles. The molecule has 0 N–H and O–H groups in total. The molecular weight excluding hydrogens is 719 g/mol. The molecule has 12 rings (SSSR count). The van der Waals surface area contributed by atoms with Crippen LogP contribution >= 0.6 is 0 Å². The second-order valence-corrected chi connectivity index (χ2v) is 16.2. The highest BCUT2D eigenvalue weighted by Gasteiger charge is 2.35. The van der Waals surface area contributed by atoms with Crippen molar-refractivity contribution in [2.24, 2.45) is 0 Å². The van der Waals surface area contributed by atoms with Crippen molar-refractivity contribution in [3.8, 4) is 61.8 Å². The molecule has 4 heteroatoms. The predicted molar refractivity (Wildman–Crippen MR) is 243 cm³/mol. The van der Waals surface area contributed by atoms with Crippen LogP contribution in [0.2, 0.25) is 0 Å². The van der Waals surface area contributed by atoms with Crippen LogP contribution in [0, 0.1) is 0 Å². The van der Waals surface area contributed by atoms with Crippen molar-refractivity contribution < 1.29 is 4.42 Å². The van der Waals surface area contributed by atoms with Gasteiger partial charge in [-0.1, -0.05) is 135 Å². The fourth-order valence-electron chi connectivity index (χ4n) is 9.50. The third-order valence-corrected chi connectivity index (χ3v) is 12.4. The van der Waals surface area contributed by atoms with Crippen molar-refractivity contribution in [2.75, 3.05) is 0 Å². The van der Waals surface area contributed by atoms with Gasteiger partial charge in [-0.2, -0.15) is 0 Å². The molecule has 0 bridgehead atoms. The van der Waals surface area contributed by atoms with E-state index in [0.717, 1.165) is 77.9 Å². The lowest BCUT2D eigenvalue weighted by Crippen LogP contribution is -2.14. The normalized spacial score (nSPS) is 13.1. The molecule has 3 heterocycles. The van der Waals surface area contributed by atoms with Gasteiger partial charge in [0.15, 0.2) is 5.82 Å². The summed E-state index contributed by atoms with van der Waals surface area (Å²) in [5, 5.41) is 4.61. The van der Waals surface area contributed by atoms with E-state index in [2.05, 4.69) is 176 Å². The third-order valence-electron chi connectivity index (χ3n) is 12.4. The molecule has 0 radical (unpaired) electrons. The zero-order valence-electron chi connectivity index (χ0n) is 32.6. The maximum Gasteiger partial charge on any atom is 0.160 e. The molecule has 0 saturated heterocycles. The van der Waals surface area contributed by atoms with Gasteiger partial charge in [-0.3, -0.25) is 0 Å². The quantitative estimate of drug-likeness (QED) is 0.176. The number of aromatic nitrogens is 3. The Hall–Kier alpha value is -7.56. The minimum absolute atomic E-state index is 0.0720. The third kappa shape index (κ3) is 5.23. The van der Waals surface area contributed by atoms with E-state index in [0.29, 0.717) is 5.82 Å². The van der Waals surface area contributed by atoms with Gasteiger partial charge in [0.2, 0.25) is 0 Å². The average Bonchev–Trinajstić information content (AvgIpc) is 3.91. The van der Waals surface area contributed by atoms with Gasteiger partial charge in [0.05, 0.1) is 22.4 Å². The lowest BCUT2D eigenvalue weighted by atomic mass is 9.82. The lowest BCUT2D eigenvalue weighted by molar-refractivity contribution is 0.660. The van der Waals surface area contributed by atoms with Gasteiger partial charge < -0.3 is 8.98 Å². The maximum absolute atomic E-state index is 6.22. The summed E-state index contributed by atoms with van der Waals surface area (Å²) in [6.45, 7) is 4.67. The van der Waals surface area contributed by atoms with Gasteiger partial charge in [-0.05, 0) is 100 Å². The van der Waals surface area contributed by atoms with Crippen LogP contribution in [0.1, 0.15) is 25.0 Å². The topological polar surface area (TPSA) is 43.9 Å². The molecule has 4 nitrogen and oxygen atoms in total. The van der Waals surface area contributed by atoms with Crippen LogP contribution in [0.3, 0.4) is 0 Å². The fourth-order valence-corrected chi connectivity index (χ4v) is 9.50. The van der Waals surface area contributed by atoms with Gasteiger partial charge in [0.1, 0.15) is 11.2 Å². The molecule has 1 aliphatic carbocycles. The van der Waals surface area contributed by atoms with Crippen molar-refractivity contribution in [3.05, 3.63) is 199 Å². The number of rotatable bonds is 5. The fraction of sp³-hybridized carbons (Fsp3) is 0.0545. The minimum atomic E-state index is -0.0720. The van der Waals surface area contributed by atoms with Crippen molar-refractivity contribution in [2.45, 2.75) is 19.3 Å². The van der Waals surface area contributed by atoms with Crippen LogP contribution in [0.15, 0.2) is 192 Å². The van der Waals surface area contributed by atoms with E-state index in [-0.39, 0.29) is 5.41 Å². The van der Waals surface area contributed by atoms with Crippen molar-refractivity contribution in [3.63, 3.8) is 0 Å². The number of nitrogens with zero attached hydrogens (tertiary/aromatic N) is 3. The second kappa shape index (κ2) is 12.7. The molecular formula is C55H37N3O. The van der Waals surface area contributed by atoms with Crippen molar-refractivity contribution in [1.82, 2.24) is 14.5 Å². The molecule has 278 valence electrons. The van der Waals surface area contributed by atoms with Crippen LogP contribution in [-0.4, -0.2) is 14.5 Å². The molecule has 0 aliphatic heterocycles. The largest absolute Gasteiger partial charge is 0.456 e. The Bertz CT molecular complexity index is 3430. The van der Waals surface area contributed by atoms with Crippen LogP contribution in [0.4, 0.5) is 0 Å². The first-order valence-electron chi connectivity index (χ1n) is 20.2. The first-order chi connectivity index (χ1) is 29.0. The number of fused-ring (bicyclic) bond motifs is 9. The minimum Gasteiger partial charge on any atom is -0.456 e. The Labute approximate surface area is 341 Å². The summed E-state index contributed by atoms with van der Waals surface area (Å²) in [6, 6.07) is 67.2. The predicted octanol–water partition coefficient (Wildman–Crippen LogP) is 14.4. The van der Waals surface area contributed by atoms with Gasteiger partial charge in [0, 0.05) is 49.3 Å². The first kappa shape index (κ1) is 33.6. The monoisotopic (exact) mass is 755 g/mol. The van der Waals surface area contributed by atoms with Gasteiger partial charge in [-0.15, -0.1) is 0 Å². The zero-order chi connectivity index (χ0) is 39.2. The summed E-state index contributed by atoms with van der Waals surface area (Å²) >= 11 is 0. The summed E-state index contributed by atoms with van der Waals surface area (Å²) in [6.07, 6.45) is 0.